The number of benzene rings is 1. The Kier molecular flexibility index (Phi) is 5.50. The maximum atomic E-state index is 13.4. The first-order valence-electron chi connectivity index (χ1n) is 7.11. The van der Waals surface area contributed by atoms with Crippen molar-refractivity contribution in [2.45, 2.75) is 38.3 Å². The molecule has 0 radical (unpaired) electrons. The van der Waals surface area contributed by atoms with Crippen LogP contribution in [-0.2, 0) is 9.53 Å². The minimum Gasteiger partial charge on any atom is -0.490 e. The highest BCUT2D eigenvalue weighted by atomic mass is 19.2. The van der Waals surface area contributed by atoms with Crippen molar-refractivity contribution in [3.63, 3.8) is 0 Å². The van der Waals surface area contributed by atoms with E-state index in [-0.39, 0.29) is 18.3 Å². The molecule has 116 valence electrons. The van der Waals surface area contributed by atoms with Crippen molar-refractivity contribution in [2.24, 2.45) is 0 Å². The Balaban J connectivity index is 1.85. The van der Waals surface area contributed by atoms with Gasteiger partial charge in [0.05, 0.1) is 13.2 Å². The maximum absolute atomic E-state index is 13.4. The van der Waals surface area contributed by atoms with E-state index in [9.17, 15) is 13.6 Å². The van der Waals surface area contributed by atoms with Crippen molar-refractivity contribution >= 4 is 5.97 Å². The molecule has 1 atom stereocenters. The fourth-order valence-electron chi connectivity index (χ4n) is 1.93. The molecule has 1 aromatic carbocycles. The van der Waals surface area contributed by atoms with Gasteiger partial charge in [0.1, 0.15) is 6.04 Å². The fourth-order valence-corrected chi connectivity index (χ4v) is 1.93. The van der Waals surface area contributed by atoms with Gasteiger partial charge < -0.3 is 14.8 Å². The second kappa shape index (κ2) is 7.36. The zero-order valence-electron chi connectivity index (χ0n) is 11.9. The molecule has 1 N–H and O–H groups in total. The lowest BCUT2D eigenvalue weighted by Crippen LogP contribution is -2.40. The minimum absolute atomic E-state index is 0.101. The number of esters is 1. The molecule has 21 heavy (non-hydrogen) atoms. The maximum Gasteiger partial charge on any atom is 0.323 e. The smallest absolute Gasteiger partial charge is 0.323 e. The van der Waals surface area contributed by atoms with Crippen LogP contribution in [0, 0.1) is 11.6 Å². The van der Waals surface area contributed by atoms with Crippen LogP contribution < -0.4 is 10.1 Å². The number of carbonyl (C=O) groups excluding carboxylic acids is 1. The van der Waals surface area contributed by atoms with Gasteiger partial charge in [-0.15, -0.1) is 0 Å². The lowest BCUT2D eigenvalue weighted by atomic mass is 10.2. The van der Waals surface area contributed by atoms with E-state index in [1.165, 1.54) is 12.1 Å². The second-order valence-electron chi connectivity index (χ2n) is 4.93. The molecule has 0 spiro atoms. The Morgan fingerprint density at radius 3 is 2.86 bits per heavy atom. The predicted molar refractivity (Wildman–Crippen MR) is 73.0 cm³/mol. The molecule has 6 heteroatoms. The summed E-state index contributed by atoms with van der Waals surface area (Å²) in [6, 6.07) is 3.61. The Labute approximate surface area is 122 Å². The van der Waals surface area contributed by atoms with Crippen LogP contribution in [-0.4, -0.2) is 31.3 Å². The first-order chi connectivity index (χ1) is 10.1. The number of ether oxygens (including phenoxy) is 2. The Morgan fingerprint density at radius 2 is 2.19 bits per heavy atom. The number of halogens is 2. The molecule has 0 saturated heterocycles. The molecule has 0 heterocycles. The van der Waals surface area contributed by atoms with Gasteiger partial charge in [-0.2, -0.15) is 4.39 Å². The highest BCUT2D eigenvalue weighted by Gasteiger charge is 2.29. The third kappa shape index (κ3) is 4.67. The van der Waals surface area contributed by atoms with Gasteiger partial charge in [0, 0.05) is 12.5 Å². The van der Waals surface area contributed by atoms with E-state index in [1.807, 2.05) is 0 Å². The monoisotopic (exact) mass is 299 g/mol. The average molecular weight is 299 g/mol. The zero-order chi connectivity index (χ0) is 15.2. The summed E-state index contributed by atoms with van der Waals surface area (Å²) in [5.41, 5.74) is 0. The predicted octanol–water partition coefficient (Wildman–Crippen LogP) is 2.42. The van der Waals surface area contributed by atoms with Crippen LogP contribution in [0.5, 0.6) is 5.75 Å². The SMILES string of the molecule is CCOC(=O)C(CCOc1cccc(F)c1F)NC1CC1. The summed E-state index contributed by atoms with van der Waals surface area (Å²) in [4.78, 5) is 11.8. The number of hydrogen-bond donors (Lipinski definition) is 1. The van der Waals surface area contributed by atoms with Crippen molar-refractivity contribution in [3.05, 3.63) is 29.8 Å². The second-order valence-corrected chi connectivity index (χ2v) is 4.93. The summed E-state index contributed by atoms with van der Waals surface area (Å²) in [6.45, 7) is 2.15. The highest BCUT2D eigenvalue weighted by Crippen LogP contribution is 2.21. The van der Waals surface area contributed by atoms with Gasteiger partial charge in [0.15, 0.2) is 11.6 Å². The van der Waals surface area contributed by atoms with Crippen molar-refractivity contribution in [1.82, 2.24) is 5.32 Å². The Hall–Kier alpha value is -1.69. The summed E-state index contributed by atoms with van der Waals surface area (Å²) in [5.74, 6) is -2.46. The van der Waals surface area contributed by atoms with Crippen LogP contribution in [0.25, 0.3) is 0 Å². The topological polar surface area (TPSA) is 47.6 Å². The molecule has 1 aliphatic rings. The van der Waals surface area contributed by atoms with Crippen LogP contribution in [0.2, 0.25) is 0 Å². The molecular formula is C15H19F2NO3. The van der Waals surface area contributed by atoms with Gasteiger partial charge in [-0.3, -0.25) is 4.79 Å². The summed E-state index contributed by atoms with van der Waals surface area (Å²) >= 11 is 0. The zero-order valence-corrected chi connectivity index (χ0v) is 11.9. The molecule has 2 rings (SSSR count). The van der Waals surface area contributed by atoms with E-state index in [2.05, 4.69) is 5.32 Å². The normalized spacial score (nSPS) is 15.6. The molecule has 0 bridgehead atoms. The summed E-state index contributed by atoms with van der Waals surface area (Å²) in [6.07, 6.45) is 2.41. The van der Waals surface area contributed by atoms with Crippen LogP contribution in [0.15, 0.2) is 18.2 Å². The largest absolute Gasteiger partial charge is 0.490 e. The Bertz CT molecular complexity index is 492. The molecule has 0 aromatic heterocycles. The first kappa shape index (κ1) is 15.7. The average Bonchev–Trinajstić information content (AvgIpc) is 3.26. The fraction of sp³-hybridized carbons (Fsp3) is 0.533. The van der Waals surface area contributed by atoms with Crippen LogP contribution >= 0.6 is 0 Å². The van der Waals surface area contributed by atoms with Gasteiger partial charge in [-0.05, 0) is 31.9 Å². The van der Waals surface area contributed by atoms with Crippen LogP contribution in [0.1, 0.15) is 26.2 Å². The highest BCUT2D eigenvalue weighted by molar-refractivity contribution is 5.75. The lowest BCUT2D eigenvalue weighted by Gasteiger charge is -2.17. The minimum atomic E-state index is -1.01. The number of rotatable bonds is 8. The van der Waals surface area contributed by atoms with E-state index < -0.39 is 17.7 Å². The van der Waals surface area contributed by atoms with E-state index >= 15 is 0 Å². The number of carbonyl (C=O) groups is 1. The number of nitrogens with one attached hydrogen (secondary N) is 1. The first-order valence-corrected chi connectivity index (χ1v) is 7.11. The summed E-state index contributed by atoms with van der Waals surface area (Å²) < 4.78 is 36.7. The van der Waals surface area contributed by atoms with Crippen LogP contribution in [0.4, 0.5) is 8.78 Å². The van der Waals surface area contributed by atoms with Gasteiger partial charge in [0.25, 0.3) is 0 Å². The van der Waals surface area contributed by atoms with Crippen molar-refractivity contribution < 1.29 is 23.0 Å². The molecule has 1 fully saturated rings. The van der Waals surface area contributed by atoms with E-state index in [0.717, 1.165) is 18.9 Å². The van der Waals surface area contributed by atoms with Gasteiger partial charge in [-0.25, -0.2) is 4.39 Å². The molecule has 0 aliphatic heterocycles. The van der Waals surface area contributed by atoms with Gasteiger partial charge >= 0.3 is 5.97 Å². The lowest BCUT2D eigenvalue weighted by molar-refractivity contribution is -0.146. The standard InChI is InChI=1S/C15H19F2NO3/c1-2-20-15(19)12(18-10-6-7-10)8-9-21-13-5-3-4-11(16)14(13)17/h3-5,10,12,18H,2,6-9H2,1H3. The quantitative estimate of drug-likeness (QED) is 0.749. The number of hydrogen-bond acceptors (Lipinski definition) is 4. The molecule has 1 aromatic rings. The van der Waals surface area contributed by atoms with Crippen molar-refractivity contribution in [3.8, 4) is 5.75 Å². The molecule has 1 aliphatic carbocycles. The van der Waals surface area contributed by atoms with Crippen molar-refractivity contribution in [1.29, 1.82) is 0 Å². The molecule has 4 nitrogen and oxygen atoms in total. The van der Waals surface area contributed by atoms with Crippen LogP contribution in [0.3, 0.4) is 0 Å². The molecule has 1 saturated carbocycles. The van der Waals surface area contributed by atoms with Gasteiger partial charge in [-0.1, -0.05) is 6.07 Å². The van der Waals surface area contributed by atoms with E-state index in [4.69, 9.17) is 9.47 Å². The molecule has 1 unspecified atom stereocenters. The third-order valence-corrected chi connectivity index (χ3v) is 3.17. The molecular weight excluding hydrogens is 280 g/mol. The van der Waals surface area contributed by atoms with Crippen molar-refractivity contribution in [2.75, 3.05) is 13.2 Å². The molecule has 0 amide bonds. The summed E-state index contributed by atoms with van der Waals surface area (Å²) in [7, 11) is 0. The third-order valence-electron chi connectivity index (χ3n) is 3.17. The van der Waals surface area contributed by atoms with E-state index in [0.29, 0.717) is 19.1 Å². The van der Waals surface area contributed by atoms with E-state index in [1.54, 1.807) is 6.92 Å². The Morgan fingerprint density at radius 1 is 1.43 bits per heavy atom. The van der Waals surface area contributed by atoms with Gasteiger partial charge in [0.2, 0.25) is 5.82 Å². The summed E-state index contributed by atoms with van der Waals surface area (Å²) in [5, 5.41) is 3.17.